The number of hydrogen-bond acceptors (Lipinski definition) is 3. The van der Waals surface area contributed by atoms with Crippen molar-refractivity contribution < 1.29 is 14.3 Å². The third-order valence-electron chi connectivity index (χ3n) is 4.78. The predicted molar refractivity (Wildman–Crippen MR) is 94.3 cm³/mol. The van der Waals surface area contributed by atoms with Crippen LogP contribution in [0.15, 0.2) is 36.9 Å². The van der Waals surface area contributed by atoms with Crippen molar-refractivity contribution in [1.82, 2.24) is 5.32 Å². The fraction of sp³-hybridized carbons (Fsp3) is 0.526. The number of rotatable bonds is 5. The number of urea groups is 1. The van der Waals surface area contributed by atoms with Gasteiger partial charge in [0.1, 0.15) is 0 Å². The van der Waals surface area contributed by atoms with Gasteiger partial charge in [-0.05, 0) is 37.3 Å². The van der Waals surface area contributed by atoms with Crippen molar-refractivity contribution in [3.63, 3.8) is 0 Å². The molecule has 2 N–H and O–H groups in total. The maximum Gasteiger partial charge on any atom is 0.319 e. The maximum atomic E-state index is 12.4. The summed E-state index contributed by atoms with van der Waals surface area (Å²) in [5.41, 5.74) is 1.79. The van der Waals surface area contributed by atoms with Gasteiger partial charge < -0.3 is 20.1 Å². The number of amides is 2. The lowest BCUT2D eigenvalue weighted by Gasteiger charge is -2.37. The third-order valence-corrected chi connectivity index (χ3v) is 4.78. The second-order valence-corrected chi connectivity index (χ2v) is 6.61. The first-order chi connectivity index (χ1) is 11.7. The average Bonchev–Trinajstić information content (AvgIpc) is 3.01. The quantitative estimate of drug-likeness (QED) is 0.815. The van der Waals surface area contributed by atoms with Gasteiger partial charge in [-0.15, -0.1) is 6.58 Å². The Bertz CT molecular complexity index is 582. The highest BCUT2D eigenvalue weighted by Gasteiger charge is 2.41. The molecule has 2 saturated heterocycles. The molecule has 0 aliphatic carbocycles. The van der Waals surface area contributed by atoms with Crippen LogP contribution in [0.5, 0.6) is 0 Å². The first-order valence-electron chi connectivity index (χ1n) is 8.69. The number of anilines is 1. The Balaban J connectivity index is 1.56. The predicted octanol–water partition coefficient (Wildman–Crippen LogP) is 3.26. The van der Waals surface area contributed by atoms with Gasteiger partial charge in [-0.25, -0.2) is 4.79 Å². The Hall–Kier alpha value is -1.85. The topological polar surface area (TPSA) is 59.6 Å². The lowest BCUT2D eigenvalue weighted by atomic mass is 9.90. The molecule has 2 aliphatic rings. The Morgan fingerprint density at radius 2 is 2.25 bits per heavy atom. The number of carbonyl (C=O) groups excluding carboxylic acids is 1. The molecule has 5 heteroatoms. The zero-order valence-corrected chi connectivity index (χ0v) is 14.1. The van der Waals surface area contributed by atoms with Crippen LogP contribution in [-0.4, -0.2) is 37.5 Å². The molecule has 0 bridgehead atoms. The summed E-state index contributed by atoms with van der Waals surface area (Å²) in [4.78, 5) is 12.4. The third kappa shape index (κ3) is 4.16. The van der Waals surface area contributed by atoms with E-state index in [4.69, 9.17) is 9.47 Å². The normalized spacial score (nSPS) is 26.2. The Morgan fingerprint density at radius 3 is 3.04 bits per heavy atom. The van der Waals surface area contributed by atoms with Crippen LogP contribution in [-0.2, 0) is 15.9 Å². The minimum Gasteiger partial charge on any atom is -0.378 e. The van der Waals surface area contributed by atoms with Crippen LogP contribution in [0.2, 0.25) is 0 Å². The summed E-state index contributed by atoms with van der Waals surface area (Å²) in [5.74, 6) is 0. The number of para-hydroxylation sites is 1. The second kappa shape index (κ2) is 7.81. The number of benzene rings is 1. The molecule has 3 rings (SSSR count). The summed E-state index contributed by atoms with van der Waals surface area (Å²) in [7, 11) is 0. The van der Waals surface area contributed by atoms with Gasteiger partial charge in [0.2, 0.25) is 0 Å². The first kappa shape index (κ1) is 17.0. The van der Waals surface area contributed by atoms with Gasteiger partial charge in [-0.3, -0.25) is 0 Å². The number of aryl methyl sites for hydroxylation is 1. The molecule has 2 aliphatic heterocycles. The van der Waals surface area contributed by atoms with E-state index in [0.29, 0.717) is 13.2 Å². The SMILES string of the molecule is C=CCCc1ccccc1NC(=O)NC1CCOC2(CCOC2)C1. The van der Waals surface area contributed by atoms with E-state index in [9.17, 15) is 4.79 Å². The second-order valence-electron chi connectivity index (χ2n) is 6.61. The van der Waals surface area contributed by atoms with Gasteiger partial charge >= 0.3 is 6.03 Å². The molecule has 5 nitrogen and oxygen atoms in total. The van der Waals surface area contributed by atoms with Crippen molar-refractivity contribution >= 4 is 11.7 Å². The zero-order chi connectivity index (χ0) is 16.8. The van der Waals surface area contributed by atoms with Crippen LogP contribution in [0.1, 0.15) is 31.2 Å². The molecule has 2 amide bonds. The van der Waals surface area contributed by atoms with E-state index in [2.05, 4.69) is 17.2 Å². The van der Waals surface area contributed by atoms with E-state index < -0.39 is 0 Å². The number of carbonyl (C=O) groups is 1. The minimum absolute atomic E-state index is 0.126. The number of nitrogens with one attached hydrogen (secondary N) is 2. The number of allylic oxidation sites excluding steroid dienone is 1. The van der Waals surface area contributed by atoms with Crippen LogP contribution in [0.3, 0.4) is 0 Å². The largest absolute Gasteiger partial charge is 0.378 e. The molecule has 1 spiro atoms. The maximum absolute atomic E-state index is 12.4. The number of hydrogen-bond donors (Lipinski definition) is 2. The van der Waals surface area contributed by atoms with Crippen molar-refractivity contribution in [2.75, 3.05) is 25.1 Å². The highest BCUT2D eigenvalue weighted by atomic mass is 16.6. The van der Waals surface area contributed by atoms with E-state index in [-0.39, 0.29) is 17.7 Å². The summed E-state index contributed by atoms with van der Waals surface area (Å²) < 4.78 is 11.4. The molecule has 0 saturated carbocycles. The molecule has 2 unspecified atom stereocenters. The van der Waals surface area contributed by atoms with Gasteiger partial charge in [0, 0.05) is 31.4 Å². The lowest BCUT2D eigenvalue weighted by molar-refractivity contribution is -0.0877. The minimum atomic E-state index is -0.196. The van der Waals surface area contributed by atoms with Crippen molar-refractivity contribution in [2.45, 2.75) is 43.7 Å². The summed E-state index contributed by atoms with van der Waals surface area (Å²) in [6.07, 6.45) is 6.23. The van der Waals surface area contributed by atoms with Gasteiger partial charge in [0.05, 0.1) is 12.2 Å². The summed E-state index contributed by atoms with van der Waals surface area (Å²) in [6, 6.07) is 7.88. The first-order valence-corrected chi connectivity index (χ1v) is 8.69. The fourth-order valence-electron chi connectivity index (χ4n) is 3.48. The number of ether oxygens (including phenoxy) is 2. The van der Waals surface area contributed by atoms with Gasteiger partial charge in [-0.1, -0.05) is 24.3 Å². The van der Waals surface area contributed by atoms with Crippen molar-refractivity contribution in [2.24, 2.45) is 0 Å². The molecule has 0 radical (unpaired) electrons. The molecule has 0 aromatic heterocycles. The lowest BCUT2D eigenvalue weighted by Crippen LogP contribution is -2.49. The molecule has 2 heterocycles. The molecular formula is C19H26N2O3. The van der Waals surface area contributed by atoms with Crippen molar-refractivity contribution in [1.29, 1.82) is 0 Å². The van der Waals surface area contributed by atoms with Crippen LogP contribution in [0.25, 0.3) is 0 Å². The fourth-order valence-corrected chi connectivity index (χ4v) is 3.48. The highest BCUT2D eigenvalue weighted by molar-refractivity contribution is 5.90. The molecule has 24 heavy (non-hydrogen) atoms. The van der Waals surface area contributed by atoms with Gasteiger partial charge in [0.25, 0.3) is 0 Å². The summed E-state index contributed by atoms with van der Waals surface area (Å²) >= 11 is 0. The summed E-state index contributed by atoms with van der Waals surface area (Å²) in [6.45, 7) is 5.81. The Kier molecular flexibility index (Phi) is 5.53. The van der Waals surface area contributed by atoms with Crippen LogP contribution < -0.4 is 10.6 Å². The monoisotopic (exact) mass is 330 g/mol. The highest BCUT2D eigenvalue weighted by Crippen LogP contribution is 2.32. The van der Waals surface area contributed by atoms with E-state index >= 15 is 0 Å². The van der Waals surface area contributed by atoms with Gasteiger partial charge in [-0.2, -0.15) is 0 Å². The van der Waals surface area contributed by atoms with Crippen LogP contribution in [0, 0.1) is 0 Å². The summed E-state index contributed by atoms with van der Waals surface area (Å²) in [5, 5.41) is 6.09. The van der Waals surface area contributed by atoms with Crippen LogP contribution in [0.4, 0.5) is 10.5 Å². The van der Waals surface area contributed by atoms with Crippen LogP contribution >= 0.6 is 0 Å². The van der Waals surface area contributed by atoms with E-state index in [0.717, 1.165) is 50.0 Å². The molecule has 130 valence electrons. The standard InChI is InChI=1S/C19H26N2O3/c1-2-3-6-15-7-4-5-8-17(15)21-18(22)20-16-9-11-24-19(13-16)10-12-23-14-19/h2,4-5,7-8,16H,1,3,6,9-14H2,(H2,20,21,22). The molecule has 2 atom stereocenters. The van der Waals surface area contributed by atoms with Gasteiger partial charge in [0.15, 0.2) is 0 Å². The molecule has 1 aromatic rings. The molecule has 2 fully saturated rings. The smallest absolute Gasteiger partial charge is 0.319 e. The van der Waals surface area contributed by atoms with Crippen molar-refractivity contribution in [3.05, 3.63) is 42.5 Å². The zero-order valence-electron chi connectivity index (χ0n) is 14.1. The van der Waals surface area contributed by atoms with E-state index in [1.807, 2.05) is 30.3 Å². The molecule has 1 aromatic carbocycles. The average molecular weight is 330 g/mol. The Labute approximate surface area is 143 Å². The van der Waals surface area contributed by atoms with E-state index in [1.165, 1.54) is 0 Å². The Morgan fingerprint density at radius 1 is 1.38 bits per heavy atom. The van der Waals surface area contributed by atoms with E-state index in [1.54, 1.807) is 0 Å². The van der Waals surface area contributed by atoms with Crippen molar-refractivity contribution in [3.8, 4) is 0 Å². The molecular weight excluding hydrogens is 304 g/mol.